The molecule has 2 aromatic carbocycles. The second kappa shape index (κ2) is 5.46. The van der Waals surface area contributed by atoms with E-state index in [4.69, 9.17) is 4.74 Å². The van der Waals surface area contributed by atoms with E-state index < -0.39 is 6.10 Å². The van der Waals surface area contributed by atoms with E-state index >= 15 is 0 Å². The van der Waals surface area contributed by atoms with Crippen LogP contribution in [-0.2, 0) is 6.42 Å². The van der Waals surface area contributed by atoms with Crippen molar-refractivity contribution in [1.82, 2.24) is 0 Å². The largest absolute Gasteiger partial charge is 0.494 e. The third-order valence-electron chi connectivity index (χ3n) is 3.31. The summed E-state index contributed by atoms with van der Waals surface area (Å²) >= 11 is 1.49. The quantitative estimate of drug-likeness (QED) is 0.907. The molecule has 104 valence electrons. The molecule has 1 N–H and O–H groups in total. The van der Waals surface area contributed by atoms with Gasteiger partial charge >= 0.3 is 0 Å². The Bertz CT molecular complexity index is 642. The molecule has 0 aromatic heterocycles. The highest BCUT2D eigenvalue weighted by Gasteiger charge is 2.21. The number of ether oxygens (including phenoxy) is 1. The minimum atomic E-state index is -0.593. The number of aliphatic hydroxyl groups is 1. The van der Waals surface area contributed by atoms with Gasteiger partial charge in [-0.3, -0.25) is 0 Å². The van der Waals surface area contributed by atoms with Gasteiger partial charge < -0.3 is 9.84 Å². The molecule has 1 aliphatic heterocycles. The molecule has 0 aliphatic carbocycles. The van der Waals surface area contributed by atoms with Gasteiger partial charge in [0.05, 0.1) is 12.7 Å². The number of benzene rings is 2. The zero-order chi connectivity index (χ0) is 14.1. The van der Waals surface area contributed by atoms with Crippen molar-refractivity contribution in [2.45, 2.75) is 29.2 Å². The van der Waals surface area contributed by atoms with Crippen molar-refractivity contribution in [3.8, 4) is 5.75 Å². The normalized spacial score (nSPS) is 17.1. The van der Waals surface area contributed by atoms with Crippen molar-refractivity contribution >= 4 is 11.8 Å². The summed E-state index contributed by atoms with van der Waals surface area (Å²) in [6.07, 6.45) is -0.102. The Labute approximate surface area is 121 Å². The van der Waals surface area contributed by atoms with Crippen LogP contribution in [0.15, 0.2) is 46.2 Å². The summed E-state index contributed by atoms with van der Waals surface area (Å²) in [6, 6.07) is 10.4. The summed E-state index contributed by atoms with van der Waals surface area (Å²) in [5, 5.41) is 10.4. The Balaban J connectivity index is 2.04. The lowest BCUT2D eigenvalue weighted by Gasteiger charge is -2.13. The number of fused-ring (bicyclic) bond motifs is 2. The van der Waals surface area contributed by atoms with Crippen LogP contribution >= 0.6 is 11.8 Å². The Morgan fingerprint density at radius 2 is 2.10 bits per heavy atom. The van der Waals surface area contributed by atoms with Gasteiger partial charge in [-0.2, -0.15) is 0 Å². The second-order valence-corrected chi connectivity index (χ2v) is 5.79. The molecule has 1 unspecified atom stereocenters. The summed E-state index contributed by atoms with van der Waals surface area (Å²) in [6.45, 7) is 2.52. The first-order valence-electron chi connectivity index (χ1n) is 6.58. The molecule has 2 nitrogen and oxygen atoms in total. The SMILES string of the molecule is CCOc1ccc2c(c1)C(O)Cc1ccc(F)cc1S2. The van der Waals surface area contributed by atoms with Gasteiger partial charge in [-0.15, -0.1) is 0 Å². The summed E-state index contributed by atoms with van der Waals surface area (Å²) < 4.78 is 18.8. The molecule has 2 aromatic rings. The van der Waals surface area contributed by atoms with Crippen LogP contribution in [0.4, 0.5) is 4.39 Å². The van der Waals surface area contributed by atoms with Gasteiger partial charge in [0.15, 0.2) is 0 Å². The molecule has 0 fully saturated rings. The van der Waals surface area contributed by atoms with E-state index in [9.17, 15) is 9.50 Å². The van der Waals surface area contributed by atoms with Crippen LogP contribution in [0.25, 0.3) is 0 Å². The van der Waals surface area contributed by atoms with Crippen molar-refractivity contribution in [3.63, 3.8) is 0 Å². The molecule has 1 aliphatic rings. The highest BCUT2D eigenvalue weighted by atomic mass is 32.2. The fourth-order valence-corrected chi connectivity index (χ4v) is 3.50. The highest BCUT2D eigenvalue weighted by Crippen LogP contribution is 2.42. The molecule has 0 amide bonds. The Kier molecular flexibility index (Phi) is 3.68. The van der Waals surface area contributed by atoms with E-state index in [0.717, 1.165) is 26.7 Å². The first-order chi connectivity index (χ1) is 9.67. The average molecular weight is 290 g/mol. The minimum Gasteiger partial charge on any atom is -0.494 e. The first kappa shape index (κ1) is 13.5. The molecule has 4 heteroatoms. The van der Waals surface area contributed by atoms with Crippen LogP contribution in [0.5, 0.6) is 5.75 Å². The Morgan fingerprint density at radius 3 is 2.90 bits per heavy atom. The van der Waals surface area contributed by atoms with Crippen LogP contribution < -0.4 is 4.74 Å². The lowest BCUT2D eigenvalue weighted by Crippen LogP contribution is -2.02. The Hall–Kier alpha value is -1.52. The molecular weight excluding hydrogens is 275 g/mol. The molecule has 3 rings (SSSR count). The average Bonchev–Trinajstić information content (AvgIpc) is 2.56. The predicted molar refractivity (Wildman–Crippen MR) is 76.8 cm³/mol. The molecule has 1 atom stereocenters. The summed E-state index contributed by atoms with van der Waals surface area (Å²) in [7, 11) is 0. The standard InChI is InChI=1S/C16H15FO2S/c1-2-19-12-5-6-15-13(9-12)14(18)7-10-3-4-11(17)8-16(10)20-15/h3-6,8-9,14,18H,2,7H2,1H3. The van der Waals surface area contributed by atoms with E-state index in [-0.39, 0.29) is 5.82 Å². The van der Waals surface area contributed by atoms with Gasteiger partial charge in [0.2, 0.25) is 0 Å². The van der Waals surface area contributed by atoms with E-state index in [2.05, 4.69) is 0 Å². The zero-order valence-corrected chi connectivity index (χ0v) is 11.9. The maximum absolute atomic E-state index is 13.4. The number of rotatable bonds is 2. The van der Waals surface area contributed by atoms with E-state index in [1.54, 1.807) is 6.07 Å². The Morgan fingerprint density at radius 1 is 1.25 bits per heavy atom. The molecule has 20 heavy (non-hydrogen) atoms. The van der Waals surface area contributed by atoms with Gasteiger partial charge in [-0.25, -0.2) is 4.39 Å². The van der Waals surface area contributed by atoms with Crippen LogP contribution in [0.2, 0.25) is 0 Å². The topological polar surface area (TPSA) is 29.5 Å². The van der Waals surface area contributed by atoms with Crippen molar-refractivity contribution in [3.05, 3.63) is 53.3 Å². The van der Waals surface area contributed by atoms with Crippen molar-refractivity contribution in [1.29, 1.82) is 0 Å². The van der Waals surface area contributed by atoms with E-state index in [1.807, 2.05) is 25.1 Å². The molecule has 0 spiro atoms. The number of hydrogen-bond donors (Lipinski definition) is 1. The molecule has 1 heterocycles. The summed E-state index contributed by atoms with van der Waals surface area (Å²) in [4.78, 5) is 1.82. The minimum absolute atomic E-state index is 0.250. The van der Waals surface area contributed by atoms with Crippen LogP contribution in [0.1, 0.15) is 24.2 Å². The number of hydrogen-bond acceptors (Lipinski definition) is 3. The lowest BCUT2D eigenvalue weighted by molar-refractivity contribution is 0.175. The molecular formula is C16H15FO2S. The lowest BCUT2D eigenvalue weighted by atomic mass is 10.0. The van der Waals surface area contributed by atoms with Gasteiger partial charge in [-0.05, 0) is 48.4 Å². The molecule has 0 radical (unpaired) electrons. The number of halogens is 1. The highest BCUT2D eigenvalue weighted by molar-refractivity contribution is 7.99. The molecule has 0 bridgehead atoms. The van der Waals surface area contributed by atoms with Gasteiger partial charge in [0, 0.05) is 16.2 Å². The third-order valence-corrected chi connectivity index (χ3v) is 4.51. The van der Waals surface area contributed by atoms with Crippen molar-refractivity contribution < 1.29 is 14.2 Å². The summed E-state index contributed by atoms with van der Waals surface area (Å²) in [5.41, 5.74) is 1.82. The monoisotopic (exact) mass is 290 g/mol. The third kappa shape index (κ3) is 2.53. The van der Waals surface area contributed by atoms with Gasteiger partial charge in [0.1, 0.15) is 11.6 Å². The van der Waals surface area contributed by atoms with E-state index in [0.29, 0.717) is 13.0 Å². The van der Waals surface area contributed by atoms with Crippen LogP contribution in [0, 0.1) is 5.82 Å². The van der Waals surface area contributed by atoms with Crippen LogP contribution in [-0.4, -0.2) is 11.7 Å². The van der Waals surface area contributed by atoms with E-state index in [1.165, 1.54) is 23.9 Å². The fourth-order valence-electron chi connectivity index (χ4n) is 2.37. The summed E-state index contributed by atoms with van der Waals surface area (Å²) in [5.74, 6) is 0.503. The van der Waals surface area contributed by atoms with Gasteiger partial charge in [0.25, 0.3) is 0 Å². The van der Waals surface area contributed by atoms with Crippen molar-refractivity contribution in [2.24, 2.45) is 0 Å². The molecule has 0 saturated carbocycles. The maximum Gasteiger partial charge on any atom is 0.124 e. The first-order valence-corrected chi connectivity index (χ1v) is 7.40. The zero-order valence-electron chi connectivity index (χ0n) is 11.1. The molecule has 0 saturated heterocycles. The van der Waals surface area contributed by atoms with Crippen LogP contribution in [0.3, 0.4) is 0 Å². The fraction of sp³-hybridized carbons (Fsp3) is 0.250. The smallest absolute Gasteiger partial charge is 0.124 e. The van der Waals surface area contributed by atoms with Gasteiger partial charge in [-0.1, -0.05) is 17.8 Å². The predicted octanol–water partition coefficient (Wildman–Crippen LogP) is 3.97. The number of aliphatic hydroxyl groups excluding tert-OH is 1. The second-order valence-electron chi connectivity index (χ2n) is 4.71. The maximum atomic E-state index is 13.4. The van der Waals surface area contributed by atoms with Crippen molar-refractivity contribution in [2.75, 3.05) is 6.61 Å².